The van der Waals surface area contributed by atoms with Gasteiger partial charge < -0.3 is 4.74 Å². The first-order valence-electron chi connectivity index (χ1n) is 7.54. The van der Waals surface area contributed by atoms with Gasteiger partial charge in [-0.05, 0) is 37.1 Å². The molecule has 1 heterocycles. The fraction of sp³-hybridized carbons (Fsp3) is 0.294. The van der Waals surface area contributed by atoms with Crippen LogP contribution in [0.1, 0.15) is 12.8 Å². The van der Waals surface area contributed by atoms with Crippen molar-refractivity contribution in [2.45, 2.75) is 23.8 Å². The van der Waals surface area contributed by atoms with E-state index in [1.54, 1.807) is 24.3 Å². The van der Waals surface area contributed by atoms with E-state index < -0.39 is 10.0 Å². The molecule has 23 heavy (non-hydrogen) atoms. The summed E-state index contributed by atoms with van der Waals surface area (Å²) in [5.74, 6) is 0.819. The maximum atomic E-state index is 12.7. The second-order valence-electron chi connectivity index (χ2n) is 5.46. The van der Waals surface area contributed by atoms with Gasteiger partial charge >= 0.3 is 0 Å². The molecule has 1 saturated heterocycles. The van der Waals surface area contributed by atoms with Crippen LogP contribution in [0.4, 0.5) is 0 Å². The van der Waals surface area contributed by atoms with E-state index in [1.807, 2.05) is 30.3 Å². The van der Waals surface area contributed by atoms with Gasteiger partial charge in [0.15, 0.2) is 0 Å². The zero-order valence-electron chi connectivity index (χ0n) is 12.6. The molecule has 0 amide bonds. The second kappa shape index (κ2) is 6.91. The number of sulfonamides is 1. The summed E-state index contributed by atoms with van der Waals surface area (Å²) in [6, 6.07) is 16.2. The first-order chi connectivity index (χ1) is 11.1. The summed E-state index contributed by atoms with van der Waals surface area (Å²) < 4.78 is 32.7. The summed E-state index contributed by atoms with van der Waals surface area (Å²) in [6.45, 7) is 0.871. The zero-order valence-corrected chi connectivity index (χ0v) is 14.1. The number of nitrogens with zero attached hydrogens (tertiary/aromatic N) is 1. The molecule has 3 rings (SSSR count). The van der Waals surface area contributed by atoms with Crippen molar-refractivity contribution in [1.82, 2.24) is 4.31 Å². The minimum atomic E-state index is -3.54. The minimum Gasteiger partial charge on any atom is -0.490 e. The topological polar surface area (TPSA) is 46.6 Å². The first-order valence-corrected chi connectivity index (χ1v) is 9.35. The van der Waals surface area contributed by atoms with E-state index >= 15 is 0 Å². The highest BCUT2D eigenvalue weighted by atomic mass is 35.5. The molecule has 6 heteroatoms. The minimum absolute atomic E-state index is 0.0371. The number of piperidine rings is 1. The second-order valence-corrected chi connectivity index (χ2v) is 7.78. The molecule has 0 saturated carbocycles. The fourth-order valence-electron chi connectivity index (χ4n) is 2.67. The third kappa shape index (κ3) is 3.68. The van der Waals surface area contributed by atoms with Gasteiger partial charge in [0.1, 0.15) is 16.7 Å². The summed E-state index contributed by atoms with van der Waals surface area (Å²) in [5.41, 5.74) is 0. The van der Waals surface area contributed by atoms with Gasteiger partial charge in [0.05, 0.1) is 5.02 Å². The molecule has 0 spiro atoms. The van der Waals surface area contributed by atoms with Crippen LogP contribution in [0.2, 0.25) is 5.02 Å². The Morgan fingerprint density at radius 1 is 0.957 bits per heavy atom. The van der Waals surface area contributed by atoms with E-state index in [1.165, 1.54) is 4.31 Å². The van der Waals surface area contributed by atoms with Crippen LogP contribution >= 0.6 is 11.6 Å². The van der Waals surface area contributed by atoms with Crippen molar-refractivity contribution < 1.29 is 13.2 Å². The lowest BCUT2D eigenvalue weighted by atomic mass is 10.1. The molecule has 0 aliphatic carbocycles. The lowest BCUT2D eigenvalue weighted by molar-refractivity contribution is 0.135. The van der Waals surface area contributed by atoms with Crippen molar-refractivity contribution in [3.05, 3.63) is 59.6 Å². The van der Waals surface area contributed by atoms with Crippen molar-refractivity contribution >= 4 is 21.6 Å². The fourth-order valence-corrected chi connectivity index (χ4v) is 4.64. The Balaban J connectivity index is 1.66. The van der Waals surface area contributed by atoms with E-state index in [0.29, 0.717) is 25.9 Å². The third-order valence-corrected chi connectivity index (χ3v) is 6.30. The Bertz CT molecular complexity index is 756. The smallest absolute Gasteiger partial charge is 0.244 e. The average Bonchev–Trinajstić information content (AvgIpc) is 2.56. The van der Waals surface area contributed by atoms with Crippen molar-refractivity contribution in [2.75, 3.05) is 13.1 Å². The molecule has 4 nitrogen and oxygen atoms in total. The monoisotopic (exact) mass is 351 g/mol. The molecular weight excluding hydrogens is 334 g/mol. The number of ether oxygens (including phenoxy) is 1. The van der Waals surface area contributed by atoms with Crippen LogP contribution in [0.15, 0.2) is 59.5 Å². The standard InChI is InChI=1S/C17H18ClNO3S/c18-16-8-4-5-9-17(16)23(20,21)19-12-10-15(11-13-19)22-14-6-2-1-3-7-14/h1-9,15H,10-13H2. The van der Waals surface area contributed by atoms with Crippen LogP contribution in [-0.4, -0.2) is 31.9 Å². The number of hydrogen-bond acceptors (Lipinski definition) is 3. The third-order valence-electron chi connectivity index (χ3n) is 3.90. The van der Waals surface area contributed by atoms with Gasteiger partial charge in [-0.2, -0.15) is 4.31 Å². The molecular formula is C17H18ClNO3S. The lowest BCUT2D eigenvalue weighted by Crippen LogP contribution is -2.41. The molecule has 1 aliphatic heterocycles. The average molecular weight is 352 g/mol. The Hall–Kier alpha value is -1.56. The molecule has 1 fully saturated rings. The summed E-state index contributed by atoms with van der Waals surface area (Å²) in [4.78, 5) is 0.170. The van der Waals surface area contributed by atoms with Crippen LogP contribution in [0, 0.1) is 0 Å². The first kappa shape index (κ1) is 16.3. The molecule has 0 atom stereocenters. The number of benzene rings is 2. The molecule has 2 aromatic rings. The highest BCUT2D eigenvalue weighted by Crippen LogP contribution is 2.27. The van der Waals surface area contributed by atoms with Gasteiger partial charge in [-0.1, -0.05) is 41.9 Å². The van der Waals surface area contributed by atoms with Gasteiger partial charge in [0.25, 0.3) is 0 Å². The van der Waals surface area contributed by atoms with E-state index in [2.05, 4.69) is 0 Å². The van der Waals surface area contributed by atoms with Crippen LogP contribution < -0.4 is 4.74 Å². The number of rotatable bonds is 4. The Morgan fingerprint density at radius 2 is 1.57 bits per heavy atom. The van der Waals surface area contributed by atoms with E-state index in [-0.39, 0.29) is 16.0 Å². The molecule has 0 unspecified atom stereocenters. The van der Waals surface area contributed by atoms with Crippen molar-refractivity contribution in [3.8, 4) is 5.75 Å². The van der Waals surface area contributed by atoms with Gasteiger partial charge in [0.2, 0.25) is 10.0 Å². The summed E-state index contributed by atoms with van der Waals surface area (Å²) in [7, 11) is -3.54. The molecule has 0 aromatic heterocycles. The Morgan fingerprint density at radius 3 is 2.22 bits per heavy atom. The van der Waals surface area contributed by atoms with Gasteiger partial charge in [-0.25, -0.2) is 8.42 Å². The van der Waals surface area contributed by atoms with Crippen molar-refractivity contribution in [1.29, 1.82) is 0 Å². The van der Waals surface area contributed by atoms with Gasteiger partial charge in [-0.3, -0.25) is 0 Å². The maximum Gasteiger partial charge on any atom is 0.244 e. The largest absolute Gasteiger partial charge is 0.490 e. The van der Waals surface area contributed by atoms with E-state index in [0.717, 1.165) is 5.75 Å². The zero-order chi connectivity index (χ0) is 16.3. The lowest BCUT2D eigenvalue weighted by Gasteiger charge is -2.31. The molecule has 122 valence electrons. The van der Waals surface area contributed by atoms with E-state index in [9.17, 15) is 8.42 Å². The quantitative estimate of drug-likeness (QED) is 0.846. The Labute approximate surface area is 141 Å². The summed E-state index contributed by atoms with van der Waals surface area (Å²) in [6.07, 6.45) is 1.37. The molecule has 1 aliphatic rings. The highest BCUT2D eigenvalue weighted by molar-refractivity contribution is 7.89. The molecule has 0 N–H and O–H groups in total. The Kier molecular flexibility index (Phi) is 4.90. The summed E-state index contributed by atoms with van der Waals surface area (Å²) in [5, 5.41) is 0.259. The number of hydrogen-bond donors (Lipinski definition) is 0. The van der Waals surface area contributed by atoms with Gasteiger partial charge in [-0.15, -0.1) is 0 Å². The predicted molar refractivity (Wildman–Crippen MR) is 90.3 cm³/mol. The normalized spacial score (nSPS) is 17.1. The van der Waals surface area contributed by atoms with Crippen LogP contribution in [-0.2, 0) is 10.0 Å². The number of para-hydroxylation sites is 1. The van der Waals surface area contributed by atoms with Crippen LogP contribution in [0.3, 0.4) is 0 Å². The molecule has 0 bridgehead atoms. The van der Waals surface area contributed by atoms with Crippen molar-refractivity contribution in [2.24, 2.45) is 0 Å². The van der Waals surface area contributed by atoms with Crippen LogP contribution in [0.25, 0.3) is 0 Å². The molecule has 0 radical (unpaired) electrons. The summed E-state index contributed by atoms with van der Waals surface area (Å²) >= 11 is 6.03. The van der Waals surface area contributed by atoms with Crippen LogP contribution in [0.5, 0.6) is 5.75 Å². The SMILES string of the molecule is O=S(=O)(c1ccccc1Cl)N1CCC(Oc2ccccc2)CC1. The van der Waals surface area contributed by atoms with Crippen molar-refractivity contribution in [3.63, 3.8) is 0 Å². The molecule has 2 aromatic carbocycles. The highest BCUT2D eigenvalue weighted by Gasteiger charge is 2.31. The van der Waals surface area contributed by atoms with Gasteiger partial charge in [0, 0.05) is 13.1 Å². The predicted octanol–water partition coefficient (Wildman–Crippen LogP) is 3.57. The number of halogens is 1. The van der Waals surface area contributed by atoms with E-state index in [4.69, 9.17) is 16.3 Å². The maximum absolute atomic E-state index is 12.7.